The lowest BCUT2D eigenvalue weighted by Crippen LogP contribution is -2.08. The molecule has 0 N–H and O–H groups in total. The summed E-state index contributed by atoms with van der Waals surface area (Å²) in [6.07, 6.45) is 0.235. The highest BCUT2D eigenvalue weighted by Gasteiger charge is 2.22. The maximum Gasteiger partial charge on any atom is 0.307 e. The fourth-order valence-corrected chi connectivity index (χ4v) is 3.95. The third-order valence-electron chi connectivity index (χ3n) is 3.60. The molecule has 4 nitrogen and oxygen atoms in total. The summed E-state index contributed by atoms with van der Waals surface area (Å²) in [6, 6.07) is 11.1. The summed E-state index contributed by atoms with van der Waals surface area (Å²) in [5.41, 5.74) is 0.952. The van der Waals surface area contributed by atoms with Gasteiger partial charge in [-0.3, -0.25) is 4.79 Å². The summed E-state index contributed by atoms with van der Waals surface area (Å²) >= 11 is 13.6. The van der Waals surface area contributed by atoms with E-state index in [0.29, 0.717) is 28.2 Å². The molecule has 7 heteroatoms. The van der Waals surface area contributed by atoms with Crippen molar-refractivity contribution in [3.8, 4) is 11.5 Å². The number of fused-ring (bicyclic) bond motifs is 1. The van der Waals surface area contributed by atoms with E-state index in [1.165, 1.54) is 11.8 Å². The smallest absolute Gasteiger partial charge is 0.307 e. The molecule has 25 heavy (non-hydrogen) atoms. The van der Waals surface area contributed by atoms with E-state index in [-0.39, 0.29) is 24.4 Å². The third kappa shape index (κ3) is 4.54. The van der Waals surface area contributed by atoms with Crippen molar-refractivity contribution in [1.29, 1.82) is 0 Å². The predicted molar refractivity (Wildman–Crippen MR) is 98.9 cm³/mol. The van der Waals surface area contributed by atoms with Crippen molar-refractivity contribution >= 4 is 40.9 Å². The fourth-order valence-electron chi connectivity index (χ4n) is 2.43. The highest BCUT2D eigenvalue weighted by atomic mass is 35.5. The van der Waals surface area contributed by atoms with Crippen LogP contribution < -0.4 is 9.47 Å². The van der Waals surface area contributed by atoms with Crippen molar-refractivity contribution in [2.24, 2.45) is 0 Å². The molecule has 0 saturated heterocycles. The Morgan fingerprint density at radius 2 is 1.96 bits per heavy atom. The molecule has 1 atom stereocenters. The summed E-state index contributed by atoms with van der Waals surface area (Å²) in [4.78, 5) is 13.0. The zero-order chi connectivity index (χ0) is 17.8. The van der Waals surface area contributed by atoms with Gasteiger partial charge in [-0.1, -0.05) is 29.3 Å². The summed E-state index contributed by atoms with van der Waals surface area (Å²) in [5, 5.41) is 0.828. The summed E-state index contributed by atoms with van der Waals surface area (Å²) in [6.45, 7) is 2.35. The van der Waals surface area contributed by atoms with Crippen molar-refractivity contribution in [3.05, 3.63) is 52.0 Å². The molecule has 0 amide bonds. The van der Waals surface area contributed by atoms with E-state index < -0.39 is 0 Å². The normalized spacial score (nSPS) is 13.6. The molecule has 0 aliphatic carbocycles. The monoisotopic (exact) mass is 398 g/mol. The van der Waals surface area contributed by atoms with Gasteiger partial charge in [0.1, 0.15) is 0 Å². The van der Waals surface area contributed by atoms with E-state index >= 15 is 0 Å². The third-order valence-corrected chi connectivity index (χ3v) is 5.58. The van der Waals surface area contributed by atoms with E-state index in [2.05, 4.69) is 0 Å². The van der Waals surface area contributed by atoms with Crippen LogP contribution in [0.2, 0.25) is 10.0 Å². The Morgan fingerprint density at radius 3 is 2.72 bits per heavy atom. The van der Waals surface area contributed by atoms with Gasteiger partial charge < -0.3 is 14.2 Å². The summed E-state index contributed by atoms with van der Waals surface area (Å²) < 4.78 is 15.9. The number of halogens is 2. The van der Waals surface area contributed by atoms with Crippen LogP contribution in [-0.2, 0) is 9.53 Å². The van der Waals surface area contributed by atoms with Crippen molar-refractivity contribution in [2.75, 3.05) is 13.4 Å². The second kappa shape index (κ2) is 8.21. The van der Waals surface area contributed by atoms with Gasteiger partial charge in [0.2, 0.25) is 6.79 Å². The van der Waals surface area contributed by atoms with E-state index in [0.717, 1.165) is 10.5 Å². The Balaban J connectivity index is 1.86. The number of hydrogen-bond acceptors (Lipinski definition) is 5. The maximum absolute atomic E-state index is 12.0. The van der Waals surface area contributed by atoms with Gasteiger partial charge in [0.15, 0.2) is 11.5 Å². The molecule has 0 saturated carbocycles. The Labute approximate surface area is 160 Å². The molecule has 0 aromatic heterocycles. The zero-order valence-electron chi connectivity index (χ0n) is 13.5. The van der Waals surface area contributed by atoms with E-state index in [1.54, 1.807) is 19.1 Å². The first-order valence-corrected chi connectivity index (χ1v) is 9.37. The molecule has 0 bridgehead atoms. The van der Waals surface area contributed by atoms with Crippen molar-refractivity contribution < 1.29 is 19.0 Å². The van der Waals surface area contributed by atoms with E-state index in [9.17, 15) is 4.79 Å². The molecule has 1 aliphatic rings. The largest absolute Gasteiger partial charge is 0.466 e. The second-order valence-electron chi connectivity index (χ2n) is 5.30. The average molecular weight is 399 g/mol. The molecular weight excluding hydrogens is 383 g/mol. The maximum atomic E-state index is 12.0. The minimum absolute atomic E-state index is 0.147. The lowest BCUT2D eigenvalue weighted by molar-refractivity contribution is -0.143. The first-order valence-electron chi connectivity index (χ1n) is 7.73. The molecular formula is C18H16Cl2O4S. The van der Waals surface area contributed by atoms with Gasteiger partial charge in [0.25, 0.3) is 0 Å². The topological polar surface area (TPSA) is 44.8 Å². The van der Waals surface area contributed by atoms with Crippen molar-refractivity contribution in [2.45, 2.75) is 23.5 Å². The number of esters is 1. The van der Waals surface area contributed by atoms with E-state index in [1.807, 2.05) is 24.3 Å². The second-order valence-corrected chi connectivity index (χ2v) is 7.39. The Morgan fingerprint density at radius 1 is 1.16 bits per heavy atom. The summed E-state index contributed by atoms with van der Waals surface area (Å²) in [5.74, 6) is 1.14. The van der Waals surface area contributed by atoms with Crippen LogP contribution in [0.1, 0.15) is 24.2 Å². The first kappa shape index (κ1) is 18.2. The average Bonchev–Trinajstić information content (AvgIpc) is 3.05. The minimum atomic E-state index is -0.252. The molecule has 2 aromatic carbocycles. The molecule has 1 aliphatic heterocycles. The van der Waals surface area contributed by atoms with Crippen LogP contribution in [0.5, 0.6) is 11.5 Å². The van der Waals surface area contributed by atoms with Gasteiger partial charge in [-0.2, -0.15) is 0 Å². The van der Waals surface area contributed by atoms with Crippen LogP contribution in [0.25, 0.3) is 0 Å². The number of ether oxygens (including phenoxy) is 3. The van der Waals surface area contributed by atoms with E-state index in [4.69, 9.17) is 37.4 Å². The van der Waals surface area contributed by atoms with Gasteiger partial charge in [-0.15, -0.1) is 11.8 Å². The van der Waals surface area contributed by atoms with Crippen LogP contribution in [0.15, 0.2) is 41.3 Å². The summed E-state index contributed by atoms with van der Waals surface area (Å²) in [7, 11) is 0. The molecule has 1 heterocycles. The predicted octanol–water partition coefficient (Wildman–Crippen LogP) is 5.51. The SMILES string of the molecule is CCOC(=O)CC(Sc1ccc(Cl)c(Cl)c1)c1ccc2c(c1)OCO2. The van der Waals surface area contributed by atoms with Crippen LogP contribution in [-0.4, -0.2) is 19.4 Å². The molecule has 2 aromatic rings. The number of carbonyl (C=O) groups is 1. The number of carbonyl (C=O) groups excluding carboxylic acids is 1. The first-order chi connectivity index (χ1) is 12.1. The number of benzene rings is 2. The van der Waals surface area contributed by atoms with Crippen LogP contribution in [0.3, 0.4) is 0 Å². The molecule has 0 spiro atoms. The Bertz CT molecular complexity index is 782. The van der Waals surface area contributed by atoms with Crippen molar-refractivity contribution in [1.82, 2.24) is 0 Å². The van der Waals surface area contributed by atoms with Crippen LogP contribution in [0, 0.1) is 0 Å². The zero-order valence-corrected chi connectivity index (χ0v) is 15.8. The lowest BCUT2D eigenvalue weighted by atomic mass is 10.1. The van der Waals surface area contributed by atoms with Crippen LogP contribution >= 0.6 is 35.0 Å². The highest BCUT2D eigenvalue weighted by molar-refractivity contribution is 7.99. The Kier molecular flexibility index (Phi) is 5.99. The van der Waals surface area contributed by atoms with Gasteiger partial charge >= 0.3 is 5.97 Å². The fraction of sp³-hybridized carbons (Fsp3) is 0.278. The van der Waals surface area contributed by atoms with Gasteiger partial charge in [0.05, 0.1) is 23.1 Å². The molecule has 0 radical (unpaired) electrons. The minimum Gasteiger partial charge on any atom is -0.466 e. The molecule has 3 rings (SSSR count). The van der Waals surface area contributed by atoms with Gasteiger partial charge in [-0.25, -0.2) is 0 Å². The van der Waals surface area contributed by atoms with Gasteiger partial charge in [-0.05, 0) is 42.8 Å². The molecule has 1 unspecified atom stereocenters. The van der Waals surface area contributed by atoms with Gasteiger partial charge in [0, 0.05) is 10.1 Å². The number of rotatable bonds is 6. The standard InChI is InChI=1S/C18H16Cl2O4S/c1-2-22-18(21)9-17(25-12-4-5-13(19)14(20)8-12)11-3-6-15-16(7-11)24-10-23-15/h3-8,17H,2,9-10H2,1H3. The number of thioether (sulfide) groups is 1. The number of hydrogen-bond donors (Lipinski definition) is 0. The van der Waals surface area contributed by atoms with Crippen molar-refractivity contribution in [3.63, 3.8) is 0 Å². The quantitative estimate of drug-likeness (QED) is 0.474. The molecule has 132 valence electrons. The Hall–Kier alpha value is -1.56. The van der Waals surface area contributed by atoms with Crippen LogP contribution in [0.4, 0.5) is 0 Å². The molecule has 0 fully saturated rings. The highest BCUT2D eigenvalue weighted by Crippen LogP contribution is 2.43. The lowest BCUT2D eigenvalue weighted by Gasteiger charge is -2.17.